The Hall–Kier alpha value is -2.71. The highest BCUT2D eigenvalue weighted by atomic mass is 35.5. The van der Waals surface area contributed by atoms with E-state index in [9.17, 15) is 9.59 Å². The van der Waals surface area contributed by atoms with Crippen LogP contribution in [0.25, 0.3) is 11.6 Å². The number of H-pyrrole nitrogens is 1. The van der Waals surface area contributed by atoms with Gasteiger partial charge < -0.3 is 20.9 Å². The number of aromatic nitrogens is 1. The fraction of sp³-hybridized carbons (Fsp3) is 0.310. The predicted octanol–water partition coefficient (Wildman–Crippen LogP) is 6.63. The number of aromatic amines is 1. The molecule has 0 fully saturated rings. The van der Waals surface area contributed by atoms with E-state index in [1.165, 1.54) is 0 Å². The summed E-state index contributed by atoms with van der Waals surface area (Å²) in [5.74, 6) is 0.548. The summed E-state index contributed by atoms with van der Waals surface area (Å²) in [7, 11) is 1.93. The summed E-state index contributed by atoms with van der Waals surface area (Å²) in [6.07, 6.45) is 2.18. The molecule has 0 saturated carbocycles. The summed E-state index contributed by atoms with van der Waals surface area (Å²) in [4.78, 5) is 29.3. The number of thioether (sulfide) groups is 1. The Kier molecular flexibility index (Phi) is 10.9. The van der Waals surface area contributed by atoms with Crippen molar-refractivity contribution < 1.29 is 9.59 Å². The first-order chi connectivity index (χ1) is 18.2. The van der Waals surface area contributed by atoms with Gasteiger partial charge in [0, 0.05) is 49.9 Å². The van der Waals surface area contributed by atoms with Crippen LogP contribution in [0, 0.1) is 13.8 Å². The topological polar surface area (TPSA) is 86.0 Å². The highest BCUT2D eigenvalue weighted by molar-refractivity contribution is 7.98. The van der Waals surface area contributed by atoms with Crippen molar-refractivity contribution >= 4 is 64.1 Å². The standard InChI is InChI=1S/C26H25Cl2N3O2S.C3H9N/c1-4-29-25(32)12-20-14(2)24(30-15(20)3)11-22-21-10-19(5-6-23(21)31-26(22)33)34-13-16-7-17(27)9-18(28)8-16;1-3-4-2/h5-11,30H,4,12-13H2,1-3H3,(H,29,32)(H,31,33);4H,3H2,1-2H3/b22-11-;. The number of hydrogen-bond donors (Lipinski definition) is 4. The Morgan fingerprint density at radius 3 is 2.37 bits per heavy atom. The van der Waals surface area contributed by atoms with Crippen molar-refractivity contribution in [1.82, 2.24) is 15.6 Å². The molecular formula is C29H34Cl2N4O2S. The van der Waals surface area contributed by atoms with Gasteiger partial charge in [-0.15, -0.1) is 11.8 Å². The summed E-state index contributed by atoms with van der Waals surface area (Å²) >= 11 is 13.9. The third-order valence-electron chi connectivity index (χ3n) is 6.09. The zero-order chi connectivity index (χ0) is 27.8. The normalized spacial score (nSPS) is 13.1. The monoisotopic (exact) mass is 572 g/mol. The Labute approximate surface area is 239 Å². The molecule has 4 rings (SSSR count). The van der Waals surface area contributed by atoms with Crippen molar-refractivity contribution in [1.29, 1.82) is 0 Å². The molecule has 2 amide bonds. The van der Waals surface area contributed by atoms with E-state index in [4.69, 9.17) is 23.2 Å². The number of nitrogens with one attached hydrogen (secondary N) is 4. The predicted molar refractivity (Wildman–Crippen MR) is 161 cm³/mol. The molecule has 38 heavy (non-hydrogen) atoms. The van der Waals surface area contributed by atoms with E-state index in [0.29, 0.717) is 34.3 Å². The lowest BCUT2D eigenvalue weighted by atomic mass is 10.0. The molecule has 0 spiro atoms. The van der Waals surface area contributed by atoms with Gasteiger partial charge in [-0.1, -0.05) is 30.1 Å². The number of likely N-dealkylation sites (N-methyl/N-ethyl adjacent to an activating group) is 1. The van der Waals surface area contributed by atoms with E-state index >= 15 is 0 Å². The van der Waals surface area contributed by atoms with Crippen LogP contribution in [-0.4, -0.2) is 36.9 Å². The molecule has 3 aromatic rings. The highest BCUT2D eigenvalue weighted by Crippen LogP contribution is 2.37. The van der Waals surface area contributed by atoms with Crippen molar-refractivity contribution in [2.75, 3.05) is 25.5 Å². The van der Waals surface area contributed by atoms with Crippen LogP contribution in [0.2, 0.25) is 10.0 Å². The van der Waals surface area contributed by atoms with Crippen LogP contribution in [0.5, 0.6) is 0 Å². The highest BCUT2D eigenvalue weighted by Gasteiger charge is 2.25. The first-order valence-corrected chi connectivity index (χ1v) is 14.2. The molecule has 0 saturated heterocycles. The molecular weight excluding hydrogens is 539 g/mol. The summed E-state index contributed by atoms with van der Waals surface area (Å²) in [6, 6.07) is 11.5. The van der Waals surface area contributed by atoms with Gasteiger partial charge in [-0.3, -0.25) is 9.59 Å². The smallest absolute Gasteiger partial charge is 0.256 e. The zero-order valence-electron chi connectivity index (χ0n) is 22.4. The van der Waals surface area contributed by atoms with Crippen LogP contribution in [0.4, 0.5) is 5.69 Å². The molecule has 2 aromatic carbocycles. The number of carbonyl (C=O) groups excluding carboxylic acids is 2. The molecule has 1 aliphatic heterocycles. The van der Waals surface area contributed by atoms with E-state index < -0.39 is 0 Å². The molecule has 0 aliphatic carbocycles. The summed E-state index contributed by atoms with van der Waals surface area (Å²) in [5.41, 5.74) is 6.97. The minimum atomic E-state index is -0.143. The number of benzene rings is 2. The number of aryl methyl sites for hydroxylation is 1. The van der Waals surface area contributed by atoms with Crippen LogP contribution in [0.3, 0.4) is 0 Å². The van der Waals surface area contributed by atoms with E-state index in [1.54, 1.807) is 17.8 Å². The zero-order valence-corrected chi connectivity index (χ0v) is 24.7. The quantitative estimate of drug-likeness (QED) is 0.180. The third kappa shape index (κ3) is 7.67. The van der Waals surface area contributed by atoms with Crippen molar-refractivity contribution in [2.24, 2.45) is 0 Å². The average molecular weight is 574 g/mol. The van der Waals surface area contributed by atoms with Gasteiger partial charge >= 0.3 is 0 Å². The first-order valence-electron chi connectivity index (χ1n) is 12.5. The Morgan fingerprint density at radius 2 is 1.74 bits per heavy atom. The largest absolute Gasteiger partial charge is 0.359 e. The van der Waals surface area contributed by atoms with Crippen molar-refractivity contribution in [3.05, 3.63) is 80.1 Å². The van der Waals surface area contributed by atoms with E-state index in [1.807, 2.05) is 64.2 Å². The summed E-state index contributed by atoms with van der Waals surface area (Å²) in [5, 5.41) is 9.93. The van der Waals surface area contributed by atoms with Crippen LogP contribution < -0.4 is 16.0 Å². The number of rotatable bonds is 8. The third-order valence-corrected chi connectivity index (χ3v) is 7.59. The molecule has 0 bridgehead atoms. The fourth-order valence-corrected chi connectivity index (χ4v) is 5.49. The van der Waals surface area contributed by atoms with Gasteiger partial charge in [0.1, 0.15) is 0 Å². The molecule has 0 atom stereocenters. The van der Waals surface area contributed by atoms with Crippen LogP contribution in [0.1, 0.15) is 47.5 Å². The SMILES string of the molecule is CCNC.CCNC(=O)Cc1c(C)[nH]c(/C=C2\C(=O)Nc3ccc(SCc4cc(Cl)cc(Cl)c4)cc32)c1C. The average Bonchev–Trinajstić information content (AvgIpc) is 3.32. The van der Waals surface area contributed by atoms with Gasteiger partial charge in [0.25, 0.3) is 5.91 Å². The Morgan fingerprint density at radius 1 is 1.05 bits per heavy atom. The second-order valence-corrected chi connectivity index (χ2v) is 10.8. The lowest BCUT2D eigenvalue weighted by molar-refractivity contribution is -0.120. The van der Waals surface area contributed by atoms with Gasteiger partial charge in [-0.25, -0.2) is 0 Å². The number of amides is 2. The minimum Gasteiger partial charge on any atom is -0.359 e. The Bertz CT molecular complexity index is 1330. The van der Waals surface area contributed by atoms with Crippen LogP contribution in [0.15, 0.2) is 41.3 Å². The molecule has 6 nitrogen and oxygen atoms in total. The minimum absolute atomic E-state index is 0.0153. The Balaban J connectivity index is 0.000000934. The van der Waals surface area contributed by atoms with Crippen molar-refractivity contribution in [2.45, 2.75) is 44.8 Å². The van der Waals surface area contributed by atoms with Gasteiger partial charge in [0.15, 0.2) is 0 Å². The molecule has 9 heteroatoms. The molecule has 0 radical (unpaired) electrons. The second kappa shape index (κ2) is 13.9. The molecule has 2 heterocycles. The summed E-state index contributed by atoms with van der Waals surface area (Å²) in [6.45, 7) is 9.56. The van der Waals surface area contributed by atoms with E-state index in [-0.39, 0.29) is 11.8 Å². The number of hydrogen-bond acceptors (Lipinski definition) is 4. The van der Waals surface area contributed by atoms with Gasteiger partial charge in [-0.2, -0.15) is 0 Å². The summed E-state index contributed by atoms with van der Waals surface area (Å²) < 4.78 is 0. The number of halogens is 2. The maximum atomic E-state index is 12.8. The molecule has 1 aromatic heterocycles. The van der Waals surface area contributed by atoms with E-state index in [0.717, 1.165) is 50.8 Å². The van der Waals surface area contributed by atoms with Gasteiger partial charge in [0.05, 0.1) is 12.0 Å². The van der Waals surface area contributed by atoms with Crippen molar-refractivity contribution in [3.63, 3.8) is 0 Å². The molecule has 202 valence electrons. The fourth-order valence-electron chi connectivity index (χ4n) is 4.05. The second-order valence-electron chi connectivity index (χ2n) is 8.89. The molecule has 1 aliphatic rings. The maximum Gasteiger partial charge on any atom is 0.256 e. The maximum absolute atomic E-state index is 12.8. The molecule has 0 unspecified atom stereocenters. The lowest BCUT2D eigenvalue weighted by Gasteiger charge is -2.06. The van der Waals surface area contributed by atoms with Gasteiger partial charge in [0.2, 0.25) is 5.91 Å². The van der Waals surface area contributed by atoms with Crippen LogP contribution >= 0.6 is 35.0 Å². The van der Waals surface area contributed by atoms with E-state index in [2.05, 4.69) is 27.9 Å². The number of anilines is 1. The lowest BCUT2D eigenvalue weighted by Crippen LogP contribution is -2.24. The van der Waals surface area contributed by atoms with Crippen LogP contribution in [-0.2, 0) is 21.8 Å². The number of carbonyl (C=O) groups is 2. The van der Waals surface area contributed by atoms with Crippen molar-refractivity contribution in [3.8, 4) is 0 Å². The molecule has 4 N–H and O–H groups in total. The first kappa shape index (κ1) is 29.8. The number of fused-ring (bicyclic) bond motifs is 1. The van der Waals surface area contributed by atoms with Gasteiger partial charge in [-0.05, 0) is 93.5 Å².